The summed E-state index contributed by atoms with van der Waals surface area (Å²) in [5.41, 5.74) is 3.99. The Morgan fingerprint density at radius 1 is 1.08 bits per heavy atom. The molecule has 0 spiro atoms. The first kappa shape index (κ1) is 19.0. The third-order valence-corrected chi connectivity index (χ3v) is 4.30. The second kappa shape index (κ2) is 8.70. The van der Waals surface area contributed by atoms with Crippen LogP contribution in [0.2, 0.25) is 0 Å². The Morgan fingerprint density at radius 2 is 1.80 bits per heavy atom. The van der Waals surface area contributed by atoms with Gasteiger partial charge in [-0.25, -0.2) is 0 Å². The van der Waals surface area contributed by atoms with Crippen molar-refractivity contribution in [2.75, 3.05) is 13.7 Å². The third-order valence-electron chi connectivity index (χ3n) is 4.30. The first-order valence-electron chi connectivity index (χ1n) is 8.13. The molecule has 0 saturated heterocycles. The molecule has 5 heteroatoms. The molecule has 0 saturated carbocycles. The van der Waals surface area contributed by atoms with Gasteiger partial charge < -0.3 is 15.0 Å². The summed E-state index contributed by atoms with van der Waals surface area (Å²) in [5.74, 6) is 0.871. The van der Waals surface area contributed by atoms with Crippen LogP contribution in [-0.2, 0) is 13.0 Å². The van der Waals surface area contributed by atoms with Crippen LogP contribution < -0.4 is 15.5 Å². The number of pyridine rings is 1. The van der Waals surface area contributed by atoms with E-state index in [9.17, 15) is 4.79 Å². The van der Waals surface area contributed by atoms with E-state index < -0.39 is 0 Å². The Kier molecular flexibility index (Phi) is 6.62. The SMILES string of the molecule is COc1ccc(CCNCc2[nH]c3ccccc3c(=O)c2C)cc1.Cl. The number of H-pyrrole nitrogens is 1. The molecule has 0 amide bonds. The number of para-hydroxylation sites is 1. The van der Waals surface area contributed by atoms with Gasteiger partial charge in [0.05, 0.1) is 7.11 Å². The van der Waals surface area contributed by atoms with Gasteiger partial charge >= 0.3 is 0 Å². The number of aromatic amines is 1. The molecule has 1 heterocycles. The van der Waals surface area contributed by atoms with Crippen molar-refractivity contribution in [1.29, 1.82) is 0 Å². The molecule has 132 valence electrons. The third kappa shape index (κ3) is 4.41. The summed E-state index contributed by atoms with van der Waals surface area (Å²) in [6.07, 6.45) is 0.931. The van der Waals surface area contributed by atoms with Crippen LogP contribution in [0.25, 0.3) is 10.9 Å². The Morgan fingerprint density at radius 3 is 2.52 bits per heavy atom. The molecular weight excluding hydrogens is 336 g/mol. The Hall–Kier alpha value is -2.30. The summed E-state index contributed by atoms with van der Waals surface area (Å²) in [4.78, 5) is 15.8. The minimum Gasteiger partial charge on any atom is -0.497 e. The first-order valence-corrected chi connectivity index (χ1v) is 8.13. The molecule has 25 heavy (non-hydrogen) atoms. The smallest absolute Gasteiger partial charge is 0.192 e. The summed E-state index contributed by atoms with van der Waals surface area (Å²) in [6.45, 7) is 3.38. The number of aromatic nitrogens is 1. The van der Waals surface area contributed by atoms with Crippen molar-refractivity contribution in [3.63, 3.8) is 0 Å². The van der Waals surface area contributed by atoms with E-state index in [1.165, 1.54) is 5.56 Å². The Balaban J connectivity index is 0.00000225. The van der Waals surface area contributed by atoms with Gasteiger partial charge in [-0.3, -0.25) is 4.79 Å². The molecule has 0 aliphatic rings. The molecule has 0 aliphatic heterocycles. The summed E-state index contributed by atoms with van der Waals surface area (Å²) in [5, 5.41) is 4.16. The highest BCUT2D eigenvalue weighted by molar-refractivity contribution is 5.85. The Bertz CT molecular complexity index is 888. The van der Waals surface area contributed by atoms with E-state index in [1.807, 2.05) is 43.3 Å². The van der Waals surface area contributed by atoms with Crippen LogP contribution in [0.4, 0.5) is 0 Å². The quantitative estimate of drug-likeness (QED) is 0.662. The molecule has 0 radical (unpaired) electrons. The number of nitrogens with one attached hydrogen (secondary N) is 2. The monoisotopic (exact) mass is 358 g/mol. The fraction of sp³-hybridized carbons (Fsp3) is 0.250. The normalized spacial score (nSPS) is 10.5. The van der Waals surface area contributed by atoms with Gasteiger partial charge in [-0.15, -0.1) is 12.4 Å². The van der Waals surface area contributed by atoms with Crippen LogP contribution in [0.3, 0.4) is 0 Å². The molecule has 0 atom stereocenters. The largest absolute Gasteiger partial charge is 0.497 e. The lowest BCUT2D eigenvalue weighted by atomic mass is 10.1. The lowest BCUT2D eigenvalue weighted by molar-refractivity contribution is 0.414. The molecule has 0 unspecified atom stereocenters. The zero-order valence-electron chi connectivity index (χ0n) is 14.5. The molecule has 0 bridgehead atoms. The number of benzene rings is 2. The van der Waals surface area contributed by atoms with Crippen LogP contribution in [0.15, 0.2) is 53.3 Å². The minimum atomic E-state index is 0. The van der Waals surface area contributed by atoms with E-state index in [1.54, 1.807) is 7.11 Å². The Labute approximate surface area is 153 Å². The zero-order valence-corrected chi connectivity index (χ0v) is 15.3. The van der Waals surface area contributed by atoms with Crippen LogP contribution >= 0.6 is 12.4 Å². The van der Waals surface area contributed by atoms with Gasteiger partial charge in [-0.2, -0.15) is 0 Å². The maximum atomic E-state index is 12.4. The summed E-state index contributed by atoms with van der Waals surface area (Å²) < 4.78 is 5.16. The lowest BCUT2D eigenvalue weighted by Crippen LogP contribution is -2.21. The molecule has 0 fully saturated rings. The van der Waals surface area contributed by atoms with Crippen LogP contribution in [0.5, 0.6) is 5.75 Å². The molecule has 1 aromatic heterocycles. The van der Waals surface area contributed by atoms with E-state index in [0.717, 1.165) is 40.9 Å². The van der Waals surface area contributed by atoms with Crippen molar-refractivity contribution in [3.05, 3.63) is 75.6 Å². The average Bonchev–Trinajstić information content (AvgIpc) is 2.63. The second-order valence-electron chi connectivity index (χ2n) is 5.88. The van der Waals surface area contributed by atoms with E-state index in [0.29, 0.717) is 6.54 Å². The molecule has 0 aliphatic carbocycles. The molecular formula is C20H23ClN2O2. The maximum Gasteiger partial charge on any atom is 0.192 e. The average molecular weight is 359 g/mol. The molecule has 2 aromatic carbocycles. The van der Waals surface area contributed by atoms with Gasteiger partial charge in [0, 0.05) is 28.7 Å². The van der Waals surface area contributed by atoms with Crippen molar-refractivity contribution >= 4 is 23.3 Å². The van der Waals surface area contributed by atoms with Crippen LogP contribution in [0.1, 0.15) is 16.8 Å². The zero-order chi connectivity index (χ0) is 16.9. The van der Waals surface area contributed by atoms with Gasteiger partial charge in [0.25, 0.3) is 0 Å². The number of hydrogen-bond acceptors (Lipinski definition) is 3. The second-order valence-corrected chi connectivity index (χ2v) is 5.88. The van der Waals surface area contributed by atoms with Crippen LogP contribution in [0, 0.1) is 6.92 Å². The molecule has 4 nitrogen and oxygen atoms in total. The number of fused-ring (bicyclic) bond motifs is 1. The predicted molar refractivity (Wildman–Crippen MR) is 105 cm³/mol. The van der Waals surface area contributed by atoms with Crippen molar-refractivity contribution in [2.24, 2.45) is 0 Å². The topological polar surface area (TPSA) is 54.1 Å². The van der Waals surface area contributed by atoms with Gasteiger partial charge in [0.15, 0.2) is 5.43 Å². The fourth-order valence-corrected chi connectivity index (χ4v) is 2.80. The van der Waals surface area contributed by atoms with E-state index in [-0.39, 0.29) is 17.8 Å². The van der Waals surface area contributed by atoms with Crippen molar-refractivity contribution in [1.82, 2.24) is 10.3 Å². The molecule has 3 rings (SSSR count). The fourth-order valence-electron chi connectivity index (χ4n) is 2.80. The van der Waals surface area contributed by atoms with Crippen molar-refractivity contribution in [2.45, 2.75) is 19.9 Å². The summed E-state index contributed by atoms with van der Waals surface area (Å²) >= 11 is 0. The van der Waals surface area contributed by atoms with E-state index >= 15 is 0 Å². The highest BCUT2D eigenvalue weighted by Crippen LogP contribution is 2.12. The van der Waals surface area contributed by atoms with Gasteiger partial charge in [-0.1, -0.05) is 24.3 Å². The molecule has 2 N–H and O–H groups in total. The van der Waals surface area contributed by atoms with Crippen molar-refractivity contribution in [3.8, 4) is 5.75 Å². The first-order chi connectivity index (χ1) is 11.7. The summed E-state index contributed by atoms with van der Waals surface area (Å²) in [7, 11) is 1.67. The van der Waals surface area contributed by atoms with E-state index in [2.05, 4.69) is 22.4 Å². The number of hydrogen-bond donors (Lipinski definition) is 2. The molecule has 3 aromatic rings. The number of ether oxygens (including phenoxy) is 1. The van der Waals surface area contributed by atoms with Gasteiger partial charge in [0.1, 0.15) is 5.75 Å². The number of halogens is 1. The highest BCUT2D eigenvalue weighted by Gasteiger charge is 2.07. The standard InChI is InChI=1S/C20H22N2O2.ClH/c1-14-19(22-18-6-4-3-5-17(18)20(14)23)13-21-12-11-15-7-9-16(24-2)10-8-15;/h3-10,21H,11-13H2,1-2H3,(H,22,23);1H. The lowest BCUT2D eigenvalue weighted by Gasteiger charge is -2.10. The van der Waals surface area contributed by atoms with Gasteiger partial charge in [0.2, 0.25) is 0 Å². The maximum absolute atomic E-state index is 12.4. The number of methoxy groups -OCH3 is 1. The summed E-state index contributed by atoms with van der Waals surface area (Å²) in [6, 6.07) is 15.7. The minimum absolute atomic E-state index is 0. The van der Waals surface area contributed by atoms with Crippen molar-refractivity contribution < 1.29 is 4.74 Å². The van der Waals surface area contributed by atoms with E-state index in [4.69, 9.17) is 4.74 Å². The number of rotatable bonds is 6. The predicted octanol–water partition coefficient (Wildman–Crippen LogP) is 3.60. The van der Waals surface area contributed by atoms with Crippen LogP contribution in [-0.4, -0.2) is 18.6 Å². The highest BCUT2D eigenvalue weighted by atomic mass is 35.5. The van der Waals surface area contributed by atoms with Gasteiger partial charge in [-0.05, 0) is 49.7 Å².